The van der Waals surface area contributed by atoms with Crippen molar-refractivity contribution in [2.24, 2.45) is 0 Å². The number of halogens is 1. The van der Waals surface area contributed by atoms with Crippen molar-refractivity contribution in [2.45, 2.75) is 25.9 Å². The maximum Gasteiger partial charge on any atom is 0.338 e. The number of urea groups is 1. The maximum absolute atomic E-state index is 13.4. The standard InChI is InChI=1S/C27H24FN3O5/c1-2-36-26(34)19-10-14-22(15-11-19)31-24(32)16-23(25(31)33)30(17-18-8-12-20(28)13-9-18)27(35)29-21-6-4-3-5-7-21/h3-15,23H,2,16-17H2,1H3,(H,29,35)/t23-/m1/s1. The number of benzene rings is 3. The van der Waals surface area contributed by atoms with Crippen molar-refractivity contribution >= 4 is 35.2 Å². The number of rotatable bonds is 7. The molecule has 9 heteroatoms. The lowest BCUT2D eigenvalue weighted by molar-refractivity contribution is -0.122. The molecule has 8 nitrogen and oxygen atoms in total. The Morgan fingerprint density at radius 2 is 1.67 bits per heavy atom. The summed E-state index contributed by atoms with van der Waals surface area (Å²) in [6, 6.07) is 18.6. The van der Waals surface area contributed by atoms with Crippen molar-refractivity contribution in [3.63, 3.8) is 0 Å². The number of ether oxygens (including phenoxy) is 1. The number of nitrogens with one attached hydrogen (secondary N) is 1. The van der Waals surface area contributed by atoms with Gasteiger partial charge < -0.3 is 15.0 Å². The summed E-state index contributed by atoms with van der Waals surface area (Å²) in [5, 5.41) is 2.75. The Bertz CT molecular complexity index is 1260. The fourth-order valence-corrected chi connectivity index (χ4v) is 3.92. The highest BCUT2D eigenvalue weighted by atomic mass is 19.1. The molecule has 4 amide bonds. The molecule has 0 saturated carbocycles. The summed E-state index contributed by atoms with van der Waals surface area (Å²) >= 11 is 0. The van der Waals surface area contributed by atoms with Gasteiger partial charge in [-0.1, -0.05) is 30.3 Å². The summed E-state index contributed by atoms with van der Waals surface area (Å²) < 4.78 is 18.4. The molecular formula is C27H24FN3O5. The van der Waals surface area contributed by atoms with E-state index >= 15 is 0 Å². The number of amides is 4. The number of esters is 1. The second-order valence-corrected chi connectivity index (χ2v) is 8.11. The summed E-state index contributed by atoms with van der Waals surface area (Å²) in [4.78, 5) is 53.8. The smallest absolute Gasteiger partial charge is 0.338 e. The first-order valence-electron chi connectivity index (χ1n) is 11.4. The van der Waals surface area contributed by atoms with Crippen molar-refractivity contribution in [3.8, 4) is 0 Å². The van der Waals surface area contributed by atoms with Crippen LogP contribution in [0.4, 0.5) is 20.6 Å². The average molecular weight is 490 g/mol. The molecule has 1 heterocycles. The third-order valence-corrected chi connectivity index (χ3v) is 5.69. The molecule has 184 valence electrons. The molecule has 1 N–H and O–H groups in total. The molecule has 0 unspecified atom stereocenters. The zero-order chi connectivity index (χ0) is 25.7. The number of para-hydroxylation sites is 1. The predicted molar refractivity (Wildman–Crippen MR) is 131 cm³/mol. The summed E-state index contributed by atoms with van der Waals surface area (Å²) in [7, 11) is 0. The molecule has 0 radical (unpaired) electrons. The molecule has 3 aromatic carbocycles. The van der Waals surface area contributed by atoms with Gasteiger partial charge in [-0.2, -0.15) is 0 Å². The molecule has 1 aliphatic heterocycles. The Morgan fingerprint density at radius 1 is 1.00 bits per heavy atom. The number of imide groups is 1. The fourth-order valence-electron chi connectivity index (χ4n) is 3.92. The predicted octanol–water partition coefficient (Wildman–Crippen LogP) is 4.37. The first-order chi connectivity index (χ1) is 17.4. The Kier molecular flexibility index (Phi) is 7.39. The van der Waals surface area contributed by atoms with E-state index in [0.29, 0.717) is 11.3 Å². The normalized spacial score (nSPS) is 15.1. The van der Waals surface area contributed by atoms with Crippen LogP contribution in [0.25, 0.3) is 0 Å². The lowest BCUT2D eigenvalue weighted by Crippen LogP contribution is -2.46. The van der Waals surface area contributed by atoms with Crippen molar-refractivity contribution < 1.29 is 28.3 Å². The van der Waals surface area contributed by atoms with E-state index in [9.17, 15) is 23.6 Å². The second-order valence-electron chi connectivity index (χ2n) is 8.11. The Morgan fingerprint density at radius 3 is 2.31 bits per heavy atom. The van der Waals surface area contributed by atoms with Crippen molar-refractivity contribution in [1.82, 2.24) is 4.90 Å². The van der Waals surface area contributed by atoms with Crippen LogP contribution in [-0.4, -0.2) is 41.4 Å². The average Bonchev–Trinajstić information content (AvgIpc) is 3.17. The van der Waals surface area contributed by atoms with Gasteiger partial charge in [0.05, 0.1) is 24.3 Å². The van der Waals surface area contributed by atoms with Crippen LogP contribution in [0, 0.1) is 5.82 Å². The molecule has 36 heavy (non-hydrogen) atoms. The highest BCUT2D eigenvalue weighted by Gasteiger charge is 2.44. The number of hydrogen-bond acceptors (Lipinski definition) is 5. The van der Waals surface area contributed by atoms with E-state index in [1.165, 1.54) is 53.4 Å². The van der Waals surface area contributed by atoms with Crippen LogP contribution in [0.5, 0.6) is 0 Å². The molecule has 0 aromatic heterocycles. The highest BCUT2D eigenvalue weighted by molar-refractivity contribution is 6.23. The number of hydrogen-bond donors (Lipinski definition) is 1. The molecule has 4 rings (SSSR count). The van der Waals surface area contributed by atoms with Gasteiger partial charge in [0.15, 0.2) is 0 Å². The maximum atomic E-state index is 13.4. The van der Waals surface area contributed by atoms with Gasteiger partial charge in [0.1, 0.15) is 11.9 Å². The van der Waals surface area contributed by atoms with Crippen molar-refractivity contribution in [2.75, 3.05) is 16.8 Å². The lowest BCUT2D eigenvalue weighted by Gasteiger charge is -2.28. The van der Waals surface area contributed by atoms with Gasteiger partial charge >= 0.3 is 12.0 Å². The topological polar surface area (TPSA) is 96.0 Å². The van der Waals surface area contributed by atoms with Crippen molar-refractivity contribution in [1.29, 1.82) is 0 Å². The largest absolute Gasteiger partial charge is 0.462 e. The minimum Gasteiger partial charge on any atom is -0.462 e. The second kappa shape index (κ2) is 10.8. The minimum atomic E-state index is -1.07. The van der Waals surface area contributed by atoms with Gasteiger partial charge in [-0.05, 0) is 61.0 Å². The molecule has 3 aromatic rings. The monoisotopic (exact) mass is 489 g/mol. The van der Waals surface area contributed by atoms with Crippen LogP contribution in [0.1, 0.15) is 29.3 Å². The molecule has 1 saturated heterocycles. The molecule has 1 atom stereocenters. The van der Waals surface area contributed by atoms with Gasteiger partial charge in [0.25, 0.3) is 5.91 Å². The van der Waals surface area contributed by atoms with E-state index in [1.807, 2.05) is 0 Å². The lowest BCUT2D eigenvalue weighted by atomic mass is 10.1. The number of anilines is 2. The van der Waals surface area contributed by atoms with Crippen LogP contribution in [0.3, 0.4) is 0 Å². The minimum absolute atomic E-state index is 0.0156. The summed E-state index contributed by atoms with van der Waals surface area (Å²) in [6.45, 7) is 1.90. The van der Waals surface area contributed by atoms with E-state index in [1.54, 1.807) is 37.3 Å². The fraction of sp³-hybridized carbons (Fsp3) is 0.185. The van der Waals surface area contributed by atoms with Gasteiger partial charge in [-0.15, -0.1) is 0 Å². The van der Waals surface area contributed by atoms with Gasteiger partial charge in [-0.25, -0.2) is 18.9 Å². The van der Waals surface area contributed by atoms with Crippen molar-refractivity contribution in [3.05, 3.63) is 95.8 Å². The Hall–Kier alpha value is -4.53. The van der Waals surface area contributed by atoms with Gasteiger partial charge in [-0.3, -0.25) is 9.59 Å². The first-order valence-corrected chi connectivity index (χ1v) is 11.4. The van der Waals surface area contributed by atoms with E-state index in [0.717, 1.165) is 4.90 Å². The summed E-state index contributed by atoms with van der Waals surface area (Å²) in [5.74, 6) is -1.99. The Labute approximate surface area is 207 Å². The molecule has 1 fully saturated rings. The molecular weight excluding hydrogens is 465 g/mol. The quantitative estimate of drug-likeness (QED) is 0.393. The van der Waals surface area contributed by atoms with E-state index in [2.05, 4.69) is 5.32 Å². The zero-order valence-corrected chi connectivity index (χ0v) is 19.5. The van der Waals surface area contributed by atoms with Crippen LogP contribution in [0.2, 0.25) is 0 Å². The SMILES string of the molecule is CCOC(=O)c1ccc(N2C(=O)C[C@@H](N(Cc3ccc(F)cc3)C(=O)Nc3ccccc3)C2=O)cc1. The van der Waals surface area contributed by atoms with Crippen LogP contribution >= 0.6 is 0 Å². The van der Waals surface area contributed by atoms with Crippen LogP contribution in [-0.2, 0) is 20.9 Å². The van der Waals surface area contributed by atoms with E-state index < -0.39 is 35.7 Å². The third-order valence-electron chi connectivity index (χ3n) is 5.69. The number of nitrogens with zero attached hydrogens (tertiary/aromatic N) is 2. The van der Waals surface area contributed by atoms with Gasteiger partial charge in [0.2, 0.25) is 5.91 Å². The van der Waals surface area contributed by atoms with E-state index in [-0.39, 0.29) is 30.8 Å². The highest BCUT2D eigenvalue weighted by Crippen LogP contribution is 2.28. The first kappa shape index (κ1) is 24.6. The Balaban J connectivity index is 1.59. The van der Waals surface area contributed by atoms with Crippen LogP contribution < -0.4 is 10.2 Å². The third kappa shape index (κ3) is 5.41. The molecule has 1 aliphatic rings. The number of carbonyl (C=O) groups excluding carboxylic acids is 4. The summed E-state index contributed by atoms with van der Waals surface area (Å²) in [6.07, 6.45) is -0.220. The molecule has 0 spiro atoms. The van der Waals surface area contributed by atoms with Crippen LogP contribution in [0.15, 0.2) is 78.9 Å². The van der Waals surface area contributed by atoms with E-state index in [4.69, 9.17) is 4.74 Å². The molecule has 0 bridgehead atoms. The summed E-state index contributed by atoms with van der Waals surface area (Å²) in [5.41, 5.74) is 1.69. The number of carbonyl (C=O) groups is 4. The molecule has 0 aliphatic carbocycles. The van der Waals surface area contributed by atoms with Gasteiger partial charge in [0, 0.05) is 12.2 Å². The zero-order valence-electron chi connectivity index (χ0n) is 19.5.